The lowest BCUT2D eigenvalue weighted by molar-refractivity contribution is 0.0600. The van der Waals surface area contributed by atoms with Crippen LogP contribution in [0.2, 0.25) is 0 Å². The van der Waals surface area contributed by atoms with Crippen LogP contribution in [0.3, 0.4) is 0 Å². The van der Waals surface area contributed by atoms with E-state index in [2.05, 4.69) is 9.89 Å². The van der Waals surface area contributed by atoms with Crippen molar-refractivity contribution in [2.75, 3.05) is 33.3 Å². The summed E-state index contributed by atoms with van der Waals surface area (Å²) in [5.41, 5.74) is 1.35. The third-order valence-corrected chi connectivity index (χ3v) is 6.64. The molecule has 2 aromatic rings. The van der Waals surface area contributed by atoms with E-state index in [0.29, 0.717) is 11.3 Å². The number of nitrogens with zero attached hydrogens (tertiary/aromatic N) is 3. The van der Waals surface area contributed by atoms with Crippen molar-refractivity contribution in [3.63, 3.8) is 0 Å². The number of carbonyl (C=O) groups excluding carboxylic acids is 2. The molecule has 0 saturated carbocycles. The maximum absolute atomic E-state index is 13.0. The van der Waals surface area contributed by atoms with Crippen LogP contribution < -0.4 is 0 Å². The van der Waals surface area contributed by atoms with Crippen LogP contribution in [-0.4, -0.2) is 67.9 Å². The first-order valence-corrected chi connectivity index (χ1v) is 10.1. The summed E-state index contributed by atoms with van der Waals surface area (Å²) in [6.45, 7) is 4.18. The average molecular weight is 407 g/mol. The van der Waals surface area contributed by atoms with E-state index >= 15 is 0 Å². The lowest BCUT2D eigenvalue weighted by Gasteiger charge is -2.33. The van der Waals surface area contributed by atoms with E-state index in [0.717, 1.165) is 0 Å². The van der Waals surface area contributed by atoms with Crippen molar-refractivity contribution in [1.82, 2.24) is 14.4 Å². The van der Waals surface area contributed by atoms with E-state index in [9.17, 15) is 18.0 Å². The lowest BCUT2D eigenvalue weighted by Crippen LogP contribution is -2.50. The van der Waals surface area contributed by atoms with Crippen LogP contribution >= 0.6 is 0 Å². The van der Waals surface area contributed by atoms with E-state index in [4.69, 9.17) is 4.52 Å². The van der Waals surface area contributed by atoms with Crippen molar-refractivity contribution in [3.8, 4) is 0 Å². The summed E-state index contributed by atoms with van der Waals surface area (Å²) >= 11 is 0. The lowest BCUT2D eigenvalue weighted by atomic mass is 10.1. The van der Waals surface area contributed by atoms with Gasteiger partial charge in [-0.2, -0.15) is 4.31 Å². The van der Waals surface area contributed by atoms with Crippen molar-refractivity contribution >= 4 is 21.9 Å². The van der Waals surface area contributed by atoms with Crippen LogP contribution in [-0.2, 0) is 14.8 Å². The van der Waals surface area contributed by atoms with Gasteiger partial charge < -0.3 is 14.2 Å². The van der Waals surface area contributed by atoms with Gasteiger partial charge >= 0.3 is 5.97 Å². The molecule has 150 valence electrons. The second-order valence-electron chi connectivity index (χ2n) is 6.50. The number of esters is 1. The smallest absolute Gasteiger partial charge is 0.337 e. The molecule has 1 aromatic heterocycles. The first-order chi connectivity index (χ1) is 13.2. The number of ether oxygens (including phenoxy) is 1. The normalized spacial score (nSPS) is 15.5. The fourth-order valence-electron chi connectivity index (χ4n) is 3.07. The SMILES string of the molecule is COC(=O)c1ccc(S(=O)(=O)N2CCN(C(=O)c3cc(C)no3)CC2)c(C)c1. The van der Waals surface area contributed by atoms with E-state index in [1.54, 1.807) is 24.8 Å². The monoisotopic (exact) mass is 407 g/mol. The minimum Gasteiger partial charge on any atom is -0.465 e. The molecule has 0 unspecified atom stereocenters. The molecule has 2 heterocycles. The van der Waals surface area contributed by atoms with Crippen LogP contribution in [0.5, 0.6) is 0 Å². The number of methoxy groups -OCH3 is 1. The van der Waals surface area contributed by atoms with Gasteiger partial charge in [0, 0.05) is 32.2 Å². The highest BCUT2D eigenvalue weighted by atomic mass is 32.2. The molecule has 1 aromatic carbocycles. The highest BCUT2D eigenvalue weighted by Gasteiger charge is 2.32. The molecule has 0 atom stereocenters. The Hall–Kier alpha value is -2.72. The van der Waals surface area contributed by atoms with Gasteiger partial charge in [-0.25, -0.2) is 13.2 Å². The van der Waals surface area contributed by atoms with Crippen LogP contribution in [0.4, 0.5) is 0 Å². The van der Waals surface area contributed by atoms with Crippen LogP contribution in [0.15, 0.2) is 33.7 Å². The Labute approximate surface area is 162 Å². The van der Waals surface area contributed by atoms with Gasteiger partial charge in [0.25, 0.3) is 5.91 Å². The molecule has 1 fully saturated rings. The summed E-state index contributed by atoms with van der Waals surface area (Å²) in [5, 5.41) is 3.70. The first kappa shape index (κ1) is 20.0. The minimum atomic E-state index is -3.74. The van der Waals surface area contributed by atoms with Crippen molar-refractivity contribution in [3.05, 3.63) is 46.8 Å². The Morgan fingerprint density at radius 2 is 1.79 bits per heavy atom. The number of piperazine rings is 1. The Bertz CT molecular complexity index is 1010. The summed E-state index contributed by atoms with van der Waals surface area (Å²) in [6.07, 6.45) is 0. The number of hydrogen-bond donors (Lipinski definition) is 0. The zero-order valence-corrected chi connectivity index (χ0v) is 16.7. The number of aryl methyl sites for hydroxylation is 2. The summed E-state index contributed by atoms with van der Waals surface area (Å²) < 4.78 is 37.0. The minimum absolute atomic E-state index is 0.130. The van der Waals surface area contributed by atoms with E-state index < -0.39 is 16.0 Å². The fourth-order valence-corrected chi connectivity index (χ4v) is 4.70. The van der Waals surface area contributed by atoms with Crippen LogP contribution in [0, 0.1) is 13.8 Å². The van der Waals surface area contributed by atoms with Gasteiger partial charge in [-0.15, -0.1) is 0 Å². The molecule has 0 N–H and O–H groups in total. The molecule has 1 aliphatic rings. The molecule has 1 amide bonds. The van der Waals surface area contributed by atoms with Crippen molar-refractivity contribution < 1.29 is 27.3 Å². The second kappa shape index (κ2) is 7.72. The van der Waals surface area contributed by atoms with Gasteiger partial charge in [-0.3, -0.25) is 4.79 Å². The van der Waals surface area contributed by atoms with Gasteiger partial charge in [0.05, 0.1) is 23.3 Å². The molecule has 0 aliphatic carbocycles. The highest BCUT2D eigenvalue weighted by molar-refractivity contribution is 7.89. The second-order valence-corrected chi connectivity index (χ2v) is 8.41. The van der Waals surface area contributed by atoms with Crippen molar-refractivity contribution in [2.24, 2.45) is 0 Å². The third kappa shape index (κ3) is 3.78. The molecule has 10 heteroatoms. The van der Waals surface area contributed by atoms with Crippen molar-refractivity contribution in [2.45, 2.75) is 18.7 Å². The standard InChI is InChI=1S/C18H21N3O6S/c1-12-10-14(18(23)26-3)4-5-16(12)28(24,25)21-8-6-20(7-9-21)17(22)15-11-13(2)19-27-15/h4-5,10-11H,6-9H2,1-3H3. The summed E-state index contributed by atoms with van der Waals surface area (Å²) in [7, 11) is -2.48. The molecule has 28 heavy (non-hydrogen) atoms. The van der Waals surface area contributed by atoms with Gasteiger partial charge in [-0.05, 0) is 37.6 Å². The van der Waals surface area contributed by atoms with Crippen LogP contribution in [0.25, 0.3) is 0 Å². The number of carbonyl (C=O) groups is 2. The van der Waals surface area contributed by atoms with Gasteiger partial charge in [0.15, 0.2) is 0 Å². The molecule has 3 rings (SSSR count). The molecule has 1 saturated heterocycles. The number of amides is 1. The maximum Gasteiger partial charge on any atom is 0.337 e. The number of rotatable bonds is 4. The zero-order valence-electron chi connectivity index (χ0n) is 15.8. The van der Waals surface area contributed by atoms with E-state index in [1.165, 1.54) is 29.6 Å². The van der Waals surface area contributed by atoms with Gasteiger partial charge in [0.1, 0.15) is 0 Å². The third-order valence-electron chi connectivity index (χ3n) is 4.58. The topological polar surface area (TPSA) is 110 Å². The largest absolute Gasteiger partial charge is 0.465 e. The summed E-state index contributed by atoms with van der Waals surface area (Å²) in [5.74, 6) is -0.693. The molecule has 0 bridgehead atoms. The van der Waals surface area contributed by atoms with Crippen molar-refractivity contribution in [1.29, 1.82) is 0 Å². The Morgan fingerprint density at radius 3 is 2.32 bits per heavy atom. The quantitative estimate of drug-likeness (QED) is 0.701. The molecule has 0 radical (unpaired) electrons. The Morgan fingerprint density at radius 1 is 1.11 bits per heavy atom. The zero-order chi connectivity index (χ0) is 20.5. The number of sulfonamides is 1. The summed E-state index contributed by atoms with van der Waals surface area (Å²) in [6, 6.07) is 5.88. The average Bonchev–Trinajstić information content (AvgIpc) is 3.12. The molecular weight excluding hydrogens is 386 g/mol. The number of aromatic nitrogens is 1. The Kier molecular flexibility index (Phi) is 5.52. The van der Waals surface area contributed by atoms with Crippen LogP contribution in [0.1, 0.15) is 32.2 Å². The highest BCUT2D eigenvalue weighted by Crippen LogP contribution is 2.23. The van der Waals surface area contributed by atoms with Gasteiger partial charge in [-0.1, -0.05) is 5.16 Å². The fraction of sp³-hybridized carbons (Fsp3) is 0.389. The Balaban J connectivity index is 1.73. The predicted molar refractivity (Wildman–Crippen MR) is 98.4 cm³/mol. The molecular formula is C18H21N3O6S. The first-order valence-electron chi connectivity index (χ1n) is 8.65. The van der Waals surface area contributed by atoms with E-state index in [-0.39, 0.29) is 48.3 Å². The summed E-state index contributed by atoms with van der Waals surface area (Å²) in [4.78, 5) is 25.7. The maximum atomic E-state index is 13.0. The number of benzene rings is 1. The van der Waals surface area contributed by atoms with E-state index in [1.807, 2.05) is 0 Å². The van der Waals surface area contributed by atoms with Gasteiger partial charge in [0.2, 0.25) is 15.8 Å². The molecule has 1 aliphatic heterocycles. The molecule has 0 spiro atoms. The number of hydrogen-bond acceptors (Lipinski definition) is 7. The predicted octanol–water partition coefficient (Wildman–Crippen LogP) is 1.22. The molecule has 9 nitrogen and oxygen atoms in total.